The lowest BCUT2D eigenvalue weighted by Crippen LogP contribution is -2.49. The molecule has 7 heteroatoms. The zero-order valence-electron chi connectivity index (χ0n) is 17.4. The number of carbonyl (C=O) groups excluding carboxylic acids is 2. The zero-order chi connectivity index (χ0) is 21.3. The van der Waals surface area contributed by atoms with E-state index in [4.69, 9.17) is 9.47 Å². The lowest BCUT2D eigenvalue weighted by molar-refractivity contribution is -0.146. The van der Waals surface area contributed by atoms with Crippen molar-refractivity contribution in [2.45, 2.75) is 33.0 Å². The molecule has 1 aliphatic heterocycles. The number of fused-ring (bicyclic) bond motifs is 1. The summed E-state index contributed by atoms with van der Waals surface area (Å²) >= 11 is 0. The van der Waals surface area contributed by atoms with Crippen molar-refractivity contribution in [3.63, 3.8) is 0 Å². The summed E-state index contributed by atoms with van der Waals surface area (Å²) in [5, 5.41) is 0. The number of ether oxygens (including phenoxy) is 2. The molecule has 0 spiro atoms. The number of rotatable bonds is 4. The molecule has 1 saturated heterocycles. The average Bonchev–Trinajstić information content (AvgIpc) is 3.06. The summed E-state index contributed by atoms with van der Waals surface area (Å²) in [4.78, 5) is 31.2. The number of benzene rings is 2. The molecule has 7 nitrogen and oxygen atoms in total. The number of aromatic nitrogens is 2. The van der Waals surface area contributed by atoms with Gasteiger partial charge in [-0.1, -0.05) is 18.2 Å². The van der Waals surface area contributed by atoms with Crippen LogP contribution in [0.5, 0.6) is 0 Å². The van der Waals surface area contributed by atoms with Gasteiger partial charge in [0.2, 0.25) is 0 Å². The first-order chi connectivity index (χ1) is 14.4. The third kappa shape index (κ3) is 4.07. The highest BCUT2D eigenvalue weighted by molar-refractivity contribution is 5.95. The number of para-hydroxylation sites is 1. The number of nitrogens with zero attached hydrogens (tertiary/aromatic N) is 3. The summed E-state index contributed by atoms with van der Waals surface area (Å²) in [5.74, 6) is 0.0783. The van der Waals surface area contributed by atoms with E-state index in [1.54, 1.807) is 17.0 Å². The van der Waals surface area contributed by atoms with E-state index in [0.717, 1.165) is 17.0 Å². The van der Waals surface area contributed by atoms with Crippen LogP contribution >= 0.6 is 0 Å². The topological polar surface area (TPSA) is 73.7 Å². The normalized spacial score (nSPS) is 19.1. The van der Waals surface area contributed by atoms with Gasteiger partial charge >= 0.3 is 5.97 Å². The third-order valence-corrected chi connectivity index (χ3v) is 5.17. The lowest BCUT2D eigenvalue weighted by atomic mass is 10.2. The molecule has 0 bridgehead atoms. The first kappa shape index (κ1) is 20.1. The van der Waals surface area contributed by atoms with Crippen molar-refractivity contribution >= 4 is 22.9 Å². The highest BCUT2D eigenvalue weighted by atomic mass is 16.5. The first-order valence-electron chi connectivity index (χ1n) is 10.1. The van der Waals surface area contributed by atoms with Gasteiger partial charge in [-0.15, -0.1) is 0 Å². The molecule has 0 N–H and O–H groups in total. The van der Waals surface area contributed by atoms with Crippen LogP contribution in [-0.2, 0) is 14.3 Å². The van der Waals surface area contributed by atoms with Crippen LogP contribution in [0.1, 0.15) is 30.0 Å². The Morgan fingerprint density at radius 1 is 1.10 bits per heavy atom. The van der Waals surface area contributed by atoms with Gasteiger partial charge in [0.25, 0.3) is 5.91 Å². The second kappa shape index (κ2) is 8.28. The molecule has 1 fully saturated rings. The molecule has 1 aromatic heterocycles. The van der Waals surface area contributed by atoms with Crippen LogP contribution in [0, 0.1) is 6.92 Å². The van der Waals surface area contributed by atoms with E-state index in [0.29, 0.717) is 24.2 Å². The van der Waals surface area contributed by atoms with E-state index in [9.17, 15) is 9.59 Å². The van der Waals surface area contributed by atoms with Crippen molar-refractivity contribution < 1.29 is 19.1 Å². The number of esters is 1. The maximum Gasteiger partial charge on any atom is 0.338 e. The molecule has 1 aliphatic rings. The minimum absolute atomic E-state index is 0.0289. The Bertz CT molecular complexity index is 1070. The van der Waals surface area contributed by atoms with Crippen LogP contribution in [-0.4, -0.2) is 58.2 Å². The van der Waals surface area contributed by atoms with Gasteiger partial charge in [0.05, 0.1) is 28.8 Å². The largest absolute Gasteiger partial charge is 0.452 e. The molecule has 2 aromatic carbocycles. The Labute approximate surface area is 175 Å². The Morgan fingerprint density at radius 2 is 1.80 bits per heavy atom. The predicted octanol–water partition coefficient (Wildman–Crippen LogP) is 3.13. The monoisotopic (exact) mass is 407 g/mol. The van der Waals surface area contributed by atoms with Gasteiger partial charge < -0.3 is 14.4 Å². The van der Waals surface area contributed by atoms with Gasteiger partial charge in [0.15, 0.2) is 6.61 Å². The van der Waals surface area contributed by atoms with Crippen LogP contribution in [0.4, 0.5) is 0 Å². The van der Waals surface area contributed by atoms with Crippen molar-refractivity contribution in [3.05, 3.63) is 59.9 Å². The van der Waals surface area contributed by atoms with Crippen molar-refractivity contribution in [2.24, 2.45) is 0 Å². The minimum atomic E-state index is -0.536. The maximum absolute atomic E-state index is 12.5. The summed E-state index contributed by atoms with van der Waals surface area (Å²) in [5.41, 5.74) is 2.99. The van der Waals surface area contributed by atoms with Crippen molar-refractivity contribution in [1.82, 2.24) is 14.5 Å². The van der Waals surface area contributed by atoms with E-state index < -0.39 is 5.97 Å². The Balaban J connectivity index is 1.47. The molecule has 0 saturated carbocycles. The highest BCUT2D eigenvalue weighted by Gasteiger charge is 2.26. The molecule has 30 heavy (non-hydrogen) atoms. The third-order valence-electron chi connectivity index (χ3n) is 5.17. The summed E-state index contributed by atoms with van der Waals surface area (Å²) in [6, 6.07) is 15.2. The maximum atomic E-state index is 12.5. The van der Waals surface area contributed by atoms with E-state index in [1.807, 2.05) is 61.7 Å². The molecular formula is C23H25N3O4. The molecule has 0 aliphatic carbocycles. The van der Waals surface area contributed by atoms with Gasteiger partial charge in [-0.25, -0.2) is 9.78 Å². The molecule has 0 unspecified atom stereocenters. The average molecular weight is 407 g/mol. The van der Waals surface area contributed by atoms with Crippen LogP contribution < -0.4 is 0 Å². The summed E-state index contributed by atoms with van der Waals surface area (Å²) in [6.07, 6.45) is -0.0578. The SMILES string of the molecule is Cc1nc2cc(C(=O)OCC(=O)N3C[C@@H](C)O[C@@H](C)C3)ccc2n1-c1ccccc1. The van der Waals surface area contributed by atoms with Gasteiger partial charge in [-0.3, -0.25) is 9.36 Å². The Morgan fingerprint density at radius 3 is 2.50 bits per heavy atom. The van der Waals surface area contributed by atoms with Crippen molar-refractivity contribution in [3.8, 4) is 5.69 Å². The predicted molar refractivity (Wildman–Crippen MR) is 113 cm³/mol. The van der Waals surface area contributed by atoms with E-state index in [1.165, 1.54) is 0 Å². The Hall–Kier alpha value is -3.19. The van der Waals surface area contributed by atoms with Crippen molar-refractivity contribution in [1.29, 1.82) is 0 Å². The van der Waals surface area contributed by atoms with Crippen LogP contribution in [0.25, 0.3) is 16.7 Å². The molecule has 2 atom stereocenters. The summed E-state index contributed by atoms with van der Waals surface area (Å²) in [6.45, 7) is 6.50. The van der Waals surface area contributed by atoms with Gasteiger partial charge in [0.1, 0.15) is 5.82 Å². The second-order valence-electron chi connectivity index (χ2n) is 7.67. The number of hydrogen-bond acceptors (Lipinski definition) is 5. The lowest BCUT2D eigenvalue weighted by Gasteiger charge is -2.35. The fraction of sp³-hybridized carbons (Fsp3) is 0.348. The zero-order valence-corrected chi connectivity index (χ0v) is 17.4. The van der Waals surface area contributed by atoms with Gasteiger partial charge in [-0.05, 0) is 51.1 Å². The van der Waals surface area contributed by atoms with Crippen LogP contribution in [0.15, 0.2) is 48.5 Å². The standard InChI is InChI=1S/C23H25N3O4/c1-15-12-25(13-16(2)30-15)22(27)14-29-23(28)18-9-10-21-20(11-18)24-17(3)26(21)19-7-5-4-6-8-19/h4-11,15-16H,12-14H2,1-3H3/t15-,16+. The molecule has 1 amide bonds. The molecular weight excluding hydrogens is 382 g/mol. The van der Waals surface area contributed by atoms with Gasteiger partial charge in [-0.2, -0.15) is 0 Å². The quantitative estimate of drug-likeness (QED) is 0.622. The van der Waals surface area contributed by atoms with Gasteiger partial charge in [0, 0.05) is 18.8 Å². The van der Waals surface area contributed by atoms with E-state index in [-0.39, 0.29) is 24.7 Å². The minimum Gasteiger partial charge on any atom is -0.452 e. The van der Waals surface area contributed by atoms with E-state index in [2.05, 4.69) is 4.98 Å². The van der Waals surface area contributed by atoms with Crippen molar-refractivity contribution in [2.75, 3.05) is 19.7 Å². The summed E-state index contributed by atoms with van der Waals surface area (Å²) < 4.78 is 13.0. The number of amides is 1. The molecule has 0 radical (unpaired) electrons. The molecule has 3 aromatic rings. The number of morpholine rings is 1. The fourth-order valence-electron chi connectivity index (χ4n) is 3.91. The number of imidazole rings is 1. The smallest absolute Gasteiger partial charge is 0.338 e. The van der Waals surface area contributed by atoms with E-state index >= 15 is 0 Å². The number of hydrogen-bond donors (Lipinski definition) is 0. The Kier molecular flexibility index (Phi) is 5.55. The number of aryl methyl sites for hydroxylation is 1. The highest BCUT2D eigenvalue weighted by Crippen LogP contribution is 2.22. The fourth-order valence-corrected chi connectivity index (χ4v) is 3.91. The van der Waals surface area contributed by atoms with Crippen LogP contribution in [0.2, 0.25) is 0 Å². The number of carbonyl (C=O) groups is 2. The van der Waals surface area contributed by atoms with Crippen LogP contribution in [0.3, 0.4) is 0 Å². The molecule has 4 rings (SSSR count). The second-order valence-corrected chi connectivity index (χ2v) is 7.67. The molecule has 156 valence electrons. The summed E-state index contributed by atoms with van der Waals surface area (Å²) in [7, 11) is 0. The molecule has 2 heterocycles. The first-order valence-corrected chi connectivity index (χ1v) is 10.1.